The summed E-state index contributed by atoms with van der Waals surface area (Å²) in [6, 6.07) is 44.5. The molecule has 2 aliphatic heterocycles. The number of furan rings is 2. The second-order valence-corrected chi connectivity index (χ2v) is 14.1. The quantitative estimate of drug-likeness (QED) is 0.195. The van der Waals surface area contributed by atoms with Gasteiger partial charge in [-0.05, 0) is 65.4 Å². The fourth-order valence-electron chi connectivity index (χ4n) is 7.60. The summed E-state index contributed by atoms with van der Waals surface area (Å²) < 4.78 is 15.6. The van der Waals surface area contributed by atoms with E-state index in [9.17, 15) is 0 Å². The highest BCUT2D eigenvalue weighted by atomic mass is 32.1. The predicted octanol–water partition coefficient (Wildman–Crippen LogP) is 10.9. The second kappa shape index (κ2) is 11.0. The van der Waals surface area contributed by atoms with Gasteiger partial charge >= 0.3 is 0 Å². The number of para-hydroxylation sites is 2. The monoisotopic (exact) mass is 676 g/mol. The van der Waals surface area contributed by atoms with E-state index in [0.717, 1.165) is 72.0 Å². The first kappa shape index (κ1) is 28.4. The van der Waals surface area contributed by atoms with Crippen molar-refractivity contribution < 1.29 is 8.83 Å². The molecule has 2 aliphatic rings. The van der Waals surface area contributed by atoms with Gasteiger partial charge in [0.25, 0.3) is 0 Å². The summed E-state index contributed by atoms with van der Waals surface area (Å²) in [7, 11) is 0. The number of hydrogen-bond donors (Lipinski definition) is 2. The van der Waals surface area contributed by atoms with Crippen molar-refractivity contribution >= 4 is 82.2 Å². The summed E-state index contributed by atoms with van der Waals surface area (Å²) in [5, 5.41) is 12.7. The van der Waals surface area contributed by atoms with Crippen LogP contribution in [0.5, 0.6) is 0 Å². The molecule has 242 valence electrons. The number of rotatable bonds is 4. The lowest BCUT2D eigenvalue weighted by Crippen LogP contribution is -2.33. The van der Waals surface area contributed by atoms with E-state index in [4.69, 9.17) is 18.8 Å². The molecule has 0 amide bonds. The number of hydrogen-bond acceptors (Lipinski definition) is 7. The summed E-state index contributed by atoms with van der Waals surface area (Å²) in [5.41, 5.74) is 8.53. The number of fused-ring (bicyclic) bond motifs is 9. The molecule has 6 aromatic carbocycles. The van der Waals surface area contributed by atoms with Gasteiger partial charge in [0.2, 0.25) is 0 Å². The Kier molecular flexibility index (Phi) is 6.15. The van der Waals surface area contributed by atoms with E-state index < -0.39 is 0 Å². The van der Waals surface area contributed by atoms with Crippen molar-refractivity contribution in [3.8, 4) is 11.1 Å². The van der Waals surface area contributed by atoms with Crippen LogP contribution in [0.3, 0.4) is 0 Å². The second-order valence-electron chi connectivity index (χ2n) is 13.0. The number of benzene rings is 6. The van der Waals surface area contributed by atoms with Gasteiger partial charge in [-0.1, -0.05) is 91.0 Å². The molecule has 9 aromatic rings. The van der Waals surface area contributed by atoms with Gasteiger partial charge in [-0.25, -0.2) is 9.98 Å². The molecule has 0 spiro atoms. The normalized spacial score (nSPS) is 15.6. The minimum Gasteiger partial charge on any atom is -0.458 e. The van der Waals surface area contributed by atoms with Crippen molar-refractivity contribution in [1.29, 1.82) is 0 Å². The van der Waals surface area contributed by atoms with Crippen LogP contribution >= 0.6 is 11.3 Å². The van der Waals surface area contributed by atoms with E-state index in [1.807, 2.05) is 53.9 Å². The number of amidine groups is 2. The molecule has 0 fully saturated rings. The zero-order chi connectivity index (χ0) is 33.5. The highest BCUT2D eigenvalue weighted by Gasteiger charge is 2.27. The Hall–Kier alpha value is -6.44. The summed E-state index contributed by atoms with van der Waals surface area (Å²) in [6.45, 7) is 0.617. The average molecular weight is 677 g/mol. The Labute approximate surface area is 296 Å². The average Bonchev–Trinajstić information content (AvgIpc) is 3.88. The first-order chi connectivity index (χ1) is 25.2. The summed E-state index contributed by atoms with van der Waals surface area (Å²) in [6.07, 6.45) is 3.70. The molecule has 51 heavy (non-hydrogen) atoms. The smallest absolute Gasteiger partial charge is 0.160 e. The van der Waals surface area contributed by atoms with Crippen LogP contribution in [0, 0.1) is 0 Å². The van der Waals surface area contributed by atoms with Gasteiger partial charge < -0.3 is 19.5 Å². The molecule has 6 nitrogen and oxygen atoms in total. The third-order valence-corrected chi connectivity index (χ3v) is 11.1. The maximum absolute atomic E-state index is 6.59. The molecule has 1 atom stereocenters. The predicted molar refractivity (Wildman–Crippen MR) is 210 cm³/mol. The zero-order valence-corrected chi connectivity index (χ0v) is 28.0. The van der Waals surface area contributed by atoms with Crippen molar-refractivity contribution in [2.75, 3.05) is 0 Å². The Balaban J connectivity index is 1.15. The summed E-state index contributed by atoms with van der Waals surface area (Å²) in [5.74, 6) is 2.24. The largest absolute Gasteiger partial charge is 0.458 e. The molecule has 0 radical (unpaired) electrons. The molecule has 2 N–H and O–H groups in total. The number of nitrogens with zero attached hydrogens (tertiary/aromatic N) is 2. The van der Waals surface area contributed by atoms with E-state index in [-0.39, 0.29) is 6.17 Å². The van der Waals surface area contributed by atoms with Crippen LogP contribution in [0.2, 0.25) is 0 Å². The summed E-state index contributed by atoms with van der Waals surface area (Å²) >= 11 is 1.82. The van der Waals surface area contributed by atoms with Gasteiger partial charge in [-0.3, -0.25) is 0 Å². The molecule has 0 aliphatic carbocycles. The van der Waals surface area contributed by atoms with Crippen LogP contribution in [-0.4, -0.2) is 11.7 Å². The Morgan fingerprint density at radius 3 is 2.41 bits per heavy atom. The Bertz CT molecular complexity index is 2960. The molecular formula is C44H28N4O2S. The third kappa shape index (κ3) is 4.48. The molecule has 0 saturated heterocycles. The highest BCUT2D eigenvalue weighted by molar-refractivity contribution is 7.25. The molecule has 11 rings (SSSR count). The van der Waals surface area contributed by atoms with Gasteiger partial charge in [-0.2, -0.15) is 0 Å². The minimum absolute atomic E-state index is 0.373. The maximum Gasteiger partial charge on any atom is 0.160 e. The number of thiophene rings is 1. The highest BCUT2D eigenvalue weighted by Crippen LogP contribution is 2.40. The van der Waals surface area contributed by atoms with Crippen molar-refractivity contribution in [1.82, 2.24) is 10.6 Å². The molecule has 0 saturated carbocycles. The first-order valence-corrected chi connectivity index (χ1v) is 17.9. The lowest BCUT2D eigenvalue weighted by Gasteiger charge is -2.24. The topological polar surface area (TPSA) is 75.1 Å². The fourth-order valence-corrected chi connectivity index (χ4v) is 8.74. The van der Waals surface area contributed by atoms with Gasteiger partial charge in [0, 0.05) is 47.5 Å². The van der Waals surface area contributed by atoms with Gasteiger partial charge in [0.15, 0.2) is 5.84 Å². The van der Waals surface area contributed by atoms with E-state index >= 15 is 0 Å². The van der Waals surface area contributed by atoms with Crippen LogP contribution in [0.4, 0.5) is 0 Å². The molecular weight excluding hydrogens is 649 g/mol. The maximum atomic E-state index is 6.59. The molecule has 7 heteroatoms. The molecule has 1 unspecified atom stereocenters. The minimum atomic E-state index is -0.373. The van der Waals surface area contributed by atoms with Gasteiger partial charge in [0.1, 0.15) is 34.5 Å². The number of nitrogens with one attached hydrogen (secondary N) is 2. The Morgan fingerprint density at radius 2 is 1.47 bits per heavy atom. The SMILES string of the molecule is C1=Cc2c(oc3cc(-c4ccc5c(c4)sc4ccccc45)cc(C4=NC(c5ccccc5)NC(c5cccc6c5oc5ccccc56)=N4)c23)CN1. The standard InChI is InChI=1S/C44H28N4O2S/c1-2-9-25(10-3-1)42-46-43(33-14-8-13-31-28-11-4-6-15-35(28)50-41(31)33)48-44(47-42)34-21-27(22-36-40(34)32-19-20-45-24-37(32)49-36)26-17-18-30-29-12-5-7-16-38(29)51-39(30)23-26/h1-23,42,45H,24H2,(H,46,47,48). The molecule has 5 heterocycles. The van der Waals surface area contributed by atoms with Crippen LogP contribution in [0.25, 0.3) is 70.3 Å². The molecule has 3 aromatic heterocycles. The van der Waals surface area contributed by atoms with E-state index in [1.165, 1.54) is 20.2 Å². The van der Waals surface area contributed by atoms with Crippen LogP contribution in [-0.2, 0) is 6.54 Å². The van der Waals surface area contributed by atoms with E-state index in [0.29, 0.717) is 18.2 Å². The lowest BCUT2D eigenvalue weighted by atomic mass is 9.96. The fraction of sp³-hybridized carbons (Fsp3) is 0.0455. The van der Waals surface area contributed by atoms with Crippen LogP contribution < -0.4 is 10.6 Å². The van der Waals surface area contributed by atoms with E-state index in [1.54, 1.807) is 0 Å². The third-order valence-electron chi connectivity index (χ3n) is 10.0. The van der Waals surface area contributed by atoms with Crippen molar-refractivity contribution in [2.24, 2.45) is 9.98 Å². The van der Waals surface area contributed by atoms with Gasteiger partial charge in [-0.15, -0.1) is 11.3 Å². The first-order valence-electron chi connectivity index (χ1n) is 17.1. The van der Waals surface area contributed by atoms with Crippen molar-refractivity contribution in [3.05, 3.63) is 162 Å². The van der Waals surface area contributed by atoms with Gasteiger partial charge in [0.05, 0.1) is 12.1 Å². The molecule has 0 bridgehead atoms. The van der Waals surface area contributed by atoms with Crippen LogP contribution in [0.15, 0.2) is 152 Å². The zero-order valence-electron chi connectivity index (χ0n) is 27.2. The summed E-state index contributed by atoms with van der Waals surface area (Å²) in [4.78, 5) is 10.6. The van der Waals surface area contributed by atoms with Crippen LogP contribution in [0.1, 0.15) is 34.2 Å². The number of aliphatic imine (C=N–C) groups is 2. The van der Waals surface area contributed by atoms with Crippen molar-refractivity contribution in [3.63, 3.8) is 0 Å². The lowest BCUT2D eigenvalue weighted by molar-refractivity contribution is 0.532. The van der Waals surface area contributed by atoms with Crippen molar-refractivity contribution in [2.45, 2.75) is 12.7 Å². The van der Waals surface area contributed by atoms with E-state index in [2.05, 4.69) is 108 Å². The Morgan fingerprint density at radius 1 is 0.647 bits per heavy atom.